The summed E-state index contributed by atoms with van der Waals surface area (Å²) in [6.45, 7) is 6.00. The molecule has 0 bridgehead atoms. The lowest BCUT2D eigenvalue weighted by Gasteiger charge is -2.34. The van der Waals surface area contributed by atoms with Crippen LogP contribution < -0.4 is 4.74 Å². The van der Waals surface area contributed by atoms with Gasteiger partial charge in [-0.05, 0) is 24.6 Å². The Labute approximate surface area is 142 Å². The first kappa shape index (κ1) is 16.5. The number of aryl methyl sites for hydroxylation is 2. The summed E-state index contributed by atoms with van der Waals surface area (Å²) in [4.78, 5) is 21.2. The molecule has 0 atom stereocenters. The molecule has 3 rings (SSSR count). The van der Waals surface area contributed by atoms with Gasteiger partial charge in [0.1, 0.15) is 11.4 Å². The van der Waals surface area contributed by atoms with E-state index in [2.05, 4.69) is 22.0 Å². The Morgan fingerprint density at radius 2 is 2.00 bits per heavy atom. The smallest absolute Gasteiger partial charge is 0.272 e. The average Bonchev–Trinajstić information content (AvgIpc) is 2.94. The zero-order valence-corrected chi connectivity index (χ0v) is 14.5. The molecule has 1 aliphatic heterocycles. The topological polar surface area (TPSA) is 50.6 Å². The monoisotopic (exact) mass is 328 g/mol. The van der Waals surface area contributed by atoms with Gasteiger partial charge in [0.15, 0.2) is 0 Å². The number of benzene rings is 1. The molecule has 1 aliphatic rings. The zero-order chi connectivity index (χ0) is 17.1. The van der Waals surface area contributed by atoms with Crippen molar-refractivity contribution in [1.82, 2.24) is 19.4 Å². The Kier molecular flexibility index (Phi) is 4.85. The highest BCUT2D eigenvalue weighted by Crippen LogP contribution is 2.16. The molecule has 1 aromatic heterocycles. The third-order valence-corrected chi connectivity index (χ3v) is 4.52. The van der Waals surface area contributed by atoms with Gasteiger partial charge in [0.05, 0.1) is 19.1 Å². The van der Waals surface area contributed by atoms with E-state index in [1.807, 2.05) is 31.0 Å². The van der Waals surface area contributed by atoms with Gasteiger partial charge in [-0.15, -0.1) is 0 Å². The van der Waals surface area contributed by atoms with Crippen LogP contribution in [0.5, 0.6) is 5.75 Å². The second kappa shape index (κ2) is 7.05. The molecule has 0 aliphatic carbocycles. The highest BCUT2D eigenvalue weighted by molar-refractivity contribution is 5.93. The molecule has 0 saturated carbocycles. The van der Waals surface area contributed by atoms with E-state index < -0.39 is 0 Å². The van der Waals surface area contributed by atoms with E-state index in [4.69, 9.17) is 4.74 Å². The second-order valence-corrected chi connectivity index (χ2v) is 6.21. The van der Waals surface area contributed by atoms with Gasteiger partial charge in [0.2, 0.25) is 0 Å². The molecule has 0 radical (unpaired) electrons. The first-order valence-electron chi connectivity index (χ1n) is 8.21. The van der Waals surface area contributed by atoms with Crippen molar-refractivity contribution in [2.75, 3.05) is 33.3 Å². The maximum absolute atomic E-state index is 12.7. The van der Waals surface area contributed by atoms with Crippen LogP contribution in [0.2, 0.25) is 0 Å². The lowest BCUT2D eigenvalue weighted by atomic mass is 10.2. The number of carbonyl (C=O) groups excluding carboxylic acids is 1. The molecule has 2 heterocycles. The number of amides is 1. The van der Waals surface area contributed by atoms with Gasteiger partial charge in [-0.25, -0.2) is 4.98 Å². The molecule has 128 valence electrons. The number of methoxy groups -OCH3 is 1. The van der Waals surface area contributed by atoms with Crippen molar-refractivity contribution in [3.63, 3.8) is 0 Å². The number of hydrogen-bond acceptors (Lipinski definition) is 4. The van der Waals surface area contributed by atoms with Crippen LogP contribution in [0.1, 0.15) is 21.7 Å². The average molecular weight is 328 g/mol. The van der Waals surface area contributed by atoms with Crippen LogP contribution in [0, 0.1) is 6.92 Å². The first-order chi connectivity index (χ1) is 11.6. The number of hydrogen-bond donors (Lipinski definition) is 0. The quantitative estimate of drug-likeness (QED) is 0.857. The molecule has 6 heteroatoms. The fourth-order valence-electron chi connectivity index (χ4n) is 3.14. The minimum Gasteiger partial charge on any atom is -0.497 e. The van der Waals surface area contributed by atoms with Gasteiger partial charge in [-0.1, -0.05) is 12.1 Å². The van der Waals surface area contributed by atoms with E-state index in [1.54, 1.807) is 18.0 Å². The summed E-state index contributed by atoms with van der Waals surface area (Å²) < 4.78 is 7.08. The highest BCUT2D eigenvalue weighted by Gasteiger charge is 2.25. The maximum Gasteiger partial charge on any atom is 0.272 e. The molecule has 0 unspecified atom stereocenters. The molecule has 1 amide bonds. The molecular weight excluding hydrogens is 304 g/mol. The Bertz CT molecular complexity index is 698. The Balaban J connectivity index is 1.58. The summed E-state index contributed by atoms with van der Waals surface area (Å²) >= 11 is 0. The Hall–Kier alpha value is -2.34. The van der Waals surface area contributed by atoms with Gasteiger partial charge in [0, 0.05) is 39.8 Å². The lowest BCUT2D eigenvalue weighted by molar-refractivity contribution is 0.0618. The predicted molar refractivity (Wildman–Crippen MR) is 92.1 cm³/mol. The summed E-state index contributed by atoms with van der Waals surface area (Å²) in [5.41, 5.74) is 2.72. The van der Waals surface area contributed by atoms with Gasteiger partial charge in [-0.2, -0.15) is 0 Å². The Morgan fingerprint density at radius 3 is 2.62 bits per heavy atom. The van der Waals surface area contributed by atoms with Crippen molar-refractivity contribution in [1.29, 1.82) is 0 Å². The van der Waals surface area contributed by atoms with Crippen LogP contribution in [0.4, 0.5) is 0 Å². The first-order valence-corrected chi connectivity index (χ1v) is 8.21. The third-order valence-electron chi connectivity index (χ3n) is 4.52. The van der Waals surface area contributed by atoms with Crippen molar-refractivity contribution in [2.24, 2.45) is 7.05 Å². The largest absolute Gasteiger partial charge is 0.497 e. The predicted octanol–water partition coefficient (Wildman–Crippen LogP) is 1.70. The molecule has 6 nitrogen and oxygen atoms in total. The van der Waals surface area contributed by atoms with Crippen molar-refractivity contribution in [2.45, 2.75) is 13.5 Å². The number of nitrogens with zero attached hydrogens (tertiary/aromatic N) is 4. The molecule has 0 spiro atoms. The van der Waals surface area contributed by atoms with Crippen LogP contribution in [0.15, 0.2) is 30.6 Å². The van der Waals surface area contributed by atoms with Crippen molar-refractivity contribution in [3.05, 3.63) is 47.5 Å². The van der Waals surface area contributed by atoms with Crippen LogP contribution >= 0.6 is 0 Å². The van der Waals surface area contributed by atoms with Crippen LogP contribution in [-0.4, -0.2) is 58.5 Å². The van der Waals surface area contributed by atoms with Crippen LogP contribution in [-0.2, 0) is 13.6 Å². The minimum absolute atomic E-state index is 0.0773. The summed E-state index contributed by atoms with van der Waals surface area (Å²) in [6.07, 6.45) is 1.70. The van der Waals surface area contributed by atoms with Gasteiger partial charge < -0.3 is 14.2 Å². The normalized spacial score (nSPS) is 15.5. The minimum atomic E-state index is 0.0773. The Morgan fingerprint density at radius 1 is 1.25 bits per heavy atom. The van der Waals surface area contributed by atoms with E-state index in [0.29, 0.717) is 5.69 Å². The van der Waals surface area contributed by atoms with Gasteiger partial charge in [0.25, 0.3) is 5.91 Å². The van der Waals surface area contributed by atoms with Crippen LogP contribution in [0.3, 0.4) is 0 Å². The van der Waals surface area contributed by atoms with E-state index in [-0.39, 0.29) is 5.91 Å². The summed E-state index contributed by atoms with van der Waals surface area (Å²) in [5, 5.41) is 0. The number of ether oxygens (including phenoxy) is 1. The molecule has 0 N–H and O–H groups in total. The van der Waals surface area contributed by atoms with Crippen molar-refractivity contribution >= 4 is 5.91 Å². The standard InChI is InChI=1S/C18H24N4O2/c1-14-17(20(2)13-19-14)18(23)22-9-7-21(8-10-22)12-15-5-4-6-16(11-15)24-3/h4-6,11,13H,7-10,12H2,1-3H3. The summed E-state index contributed by atoms with van der Waals surface area (Å²) in [7, 11) is 3.55. The zero-order valence-electron chi connectivity index (χ0n) is 14.5. The van der Waals surface area contributed by atoms with Crippen LogP contribution in [0.25, 0.3) is 0 Å². The molecular formula is C18H24N4O2. The number of carbonyl (C=O) groups is 1. The highest BCUT2D eigenvalue weighted by atomic mass is 16.5. The number of piperazine rings is 1. The molecule has 1 aromatic carbocycles. The summed E-state index contributed by atoms with van der Waals surface area (Å²) in [5.74, 6) is 0.960. The maximum atomic E-state index is 12.7. The van der Waals surface area contributed by atoms with Gasteiger partial charge >= 0.3 is 0 Å². The van der Waals surface area contributed by atoms with E-state index >= 15 is 0 Å². The van der Waals surface area contributed by atoms with Crippen molar-refractivity contribution < 1.29 is 9.53 Å². The number of imidazole rings is 1. The molecule has 24 heavy (non-hydrogen) atoms. The van der Waals surface area contributed by atoms with Gasteiger partial charge in [-0.3, -0.25) is 9.69 Å². The summed E-state index contributed by atoms with van der Waals surface area (Å²) in [6, 6.07) is 8.14. The third kappa shape index (κ3) is 3.43. The molecule has 1 saturated heterocycles. The molecule has 2 aromatic rings. The fourth-order valence-corrected chi connectivity index (χ4v) is 3.14. The SMILES string of the molecule is COc1cccc(CN2CCN(C(=O)c3c(C)ncn3C)CC2)c1. The number of rotatable bonds is 4. The fraction of sp³-hybridized carbons (Fsp3) is 0.444. The van der Waals surface area contributed by atoms with Crippen molar-refractivity contribution in [3.8, 4) is 5.75 Å². The van der Waals surface area contributed by atoms with E-state index in [0.717, 1.165) is 44.2 Å². The lowest BCUT2D eigenvalue weighted by Crippen LogP contribution is -2.48. The van der Waals surface area contributed by atoms with E-state index in [9.17, 15) is 4.79 Å². The molecule has 1 fully saturated rings. The van der Waals surface area contributed by atoms with E-state index in [1.165, 1.54) is 5.56 Å². The second-order valence-electron chi connectivity index (χ2n) is 6.21. The number of aromatic nitrogens is 2.